The summed E-state index contributed by atoms with van der Waals surface area (Å²) in [7, 11) is 0. The summed E-state index contributed by atoms with van der Waals surface area (Å²) in [5, 5.41) is 13.1. The van der Waals surface area contributed by atoms with Gasteiger partial charge < -0.3 is 15.8 Å². The summed E-state index contributed by atoms with van der Waals surface area (Å²) in [5.41, 5.74) is 4.91. The Morgan fingerprint density at radius 2 is 1.88 bits per heavy atom. The number of hydrogen-bond acceptors (Lipinski definition) is 6. The number of nitrogens with zero attached hydrogens (tertiary/aromatic N) is 2. The normalized spacial score (nSPS) is 11.2. The molecule has 0 aliphatic heterocycles. The van der Waals surface area contributed by atoms with E-state index in [1.165, 1.54) is 24.3 Å². The number of alkyl halides is 3. The van der Waals surface area contributed by atoms with Gasteiger partial charge in [-0.15, -0.1) is 0 Å². The number of benzene rings is 2. The molecule has 13 heteroatoms. The standard InChI is InChI=1S/C20H13Cl2F3N4O4/c21-15-3-2-13(29(31)32)7-14(15)18(30)28-12-1-4-17(10(5-12)8-26)33-19-16(22)6-11(9-27-19)20(23,24)25/h1-7,9H,8,26H2,(H,28,30). The summed E-state index contributed by atoms with van der Waals surface area (Å²) >= 11 is 11.8. The molecule has 3 aromatic rings. The number of nitrogens with two attached hydrogens (primary N) is 1. The van der Waals surface area contributed by atoms with Crippen LogP contribution in [0.15, 0.2) is 48.7 Å². The molecular formula is C20H13Cl2F3N4O4. The van der Waals surface area contributed by atoms with E-state index in [0.29, 0.717) is 17.8 Å². The number of rotatable bonds is 6. The highest BCUT2D eigenvalue weighted by molar-refractivity contribution is 6.34. The third-order valence-electron chi connectivity index (χ3n) is 4.29. The molecule has 1 aromatic heterocycles. The van der Waals surface area contributed by atoms with Crippen LogP contribution in [-0.2, 0) is 12.7 Å². The van der Waals surface area contributed by atoms with Crippen molar-refractivity contribution >= 4 is 40.5 Å². The molecule has 8 nitrogen and oxygen atoms in total. The Morgan fingerprint density at radius 1 is 1.15 bits per heavy atom. The monoisotopic (exact) mass is 500 g/mol. The SMILES string of the molecule is NCc1cc(NC(=O)c2cc([N+](=O)[O-])ccc2Cl)ccc1Oc1ncc(C(F)(F)F)cc1Cl. The van der Waals surface area contributed by atoms with Gasteiger partial charge >= 0.3 is 6.18 Å². The van der Waals surface area contributed by atoms with Gasteiger partial charge in [-0.3, -0.25) is 14.9 Å². The number of aromatic nitrogens is 1. The summed E-state index contributed by atoms with van der Waals surface area (Å²) in [6.07, 6.45) is -4.03. The minimum atomic E-state index is -4.61. The second-order valence-corrected chi connectivity index (χ2v) is 7.33. The molecule has 3 rings (SSSR count). The maximum atomic E-state index is 12.8. The van der Waals surface area contributed by atoms with Gasteiger partial charge in [0.15, 0.2) is 0 Å². The minimum absolute atomic E-state index is 0.0140. The lowest BCUT2D eigenvalue weighted by Gasteiger charge is -2.14. The van der Waals surface area contributed by atoms with E-state index >= 15 is 0 Å². The summed E-state index contributed by atoms with van der Waals surface area (Å²) in [6, 6.07) is 8.41. The van der Waals surface area contributed by atoms with Crippen molar-refractivity contribution in [3.63, 3.8) is 0 Å². The Morgan fingerprint density at radius 3 is 2.48 bits per heavy atom. The number of hydrogen-bond donors (Lipinski definition) is 2. The highest BCUT2D eigenvalue weighted by atomic mass is 35.5. The molecule has 0 saturated carbocycles. The van der Waals surface area contributed by atoms with E-state index in [0.717, 1.165) is 12.1 Å². The van der Waals surface area contributed by atoms with Crippen LogP contribution >= 0.6 is 23.2 Å². The van der Waals surface area contributed by atoms with Gasteiger partial charge in [-0.2, -0.15) is 13.2 Å². The van der Waals surface area contributed by atoms with Crippen molar-refractivity contribution < 1.29 is 27.6 Å². The maximum absolute atomic E-state index is 12.8. The van der Waals surface area contributed by atoms with Crippen LogP contribution < -0.4 is 15.8 Å². The average molecular weight is 501 g/mol. The fourth-order valence-corrected chi connectivity index (χ4v) is 3.08. The Bertz CT molecular complexity index is 1240. The van der Waals surface area contributed by atoms with Gasteiger partial charge in [0.05, 0.1) is 21.1 Å². The highest BCUT2D eigenvalue weighted by Crippen LogP contribution is 2.36. The van der Waals surface area contributed by atoms with Crippen molar-refractivity contribution in [2.45, 2.75) is 12.7 Å². The first kappa shape index (κ1) is 24.2. The molecule has 0 aliphatic rings. The number of carbonyl (C=O) groups is 1. The minimum Gasteiger partial charge on any atom is -0.437 e. The number of nitro groups is 1. The molecule has 3 N–H and O–H groups in total. The molecule has 1 heterocycles. The molecule has 0 spiro atoms. The first-order valence-corrected chi connectivity index (χ1v) is 9.74. The van der Waals surface area contributed by atoms with Crippen molar-refractivity contribution in [1.82, 2.24) is 4.98 Å². The third-order valence-corrected chi connectivity index (χ3v) is 4.89. The lowest BCUT2D eigenvalue weighted by molar-refractivity contribution is -0.384. The van der Waals surface area contributed by atoms with E-state index < -0.39 is 22.6 Å². The zero-order valence-electron chi connectivity index (χ0n) is 16.3. The van der Waals surface area contributed by atoms with Crippen LogP contribution in [0.5, 0.6) is 11.6 Å². The molecule has 2 aromatic carbocycles. The summed E-state index contributed by atoms with van der Waals surface area (Å²) < 4.78 is 43.8. The van der Waals surface area contributed by atoms with Crippen molar-refractivity contribution in [3.8, 4) is 11.6 Å². The van der Waals surface area contributed by atoms with Crippen molar-refractivity contribution in [2.24, 2.45) is 5.73 Å². The zero-order chi connectivity index (χ0) is 24.3. The summed E-state index contributed by atoms with van der Waals surface area (Å²) in [4.78, 5) is 26.4. The predicted molar refractivity (Wildman–Crippen MR) is 115 cm³/mol. The first-order chi connectivity index (χ1) is 15.5. The highest BCUT2D eigenvalue weighted by Gasteiger charge is 2.32. The predicted octanol–water partition coefficient (Wildman–Crippen LogP) is 5.82. The fourth-order valence-electron chi connectivity index (χ4n) is 2.68. The Kier molecular flexibility index (Phi) is 7.06. The van der Waals surface area contributed by atoms with E-state index in [1.807, 2.05) is 0 Å². The van der Waals surface area contributed by atoms with Gasteiger partial charge in [-0.05, 0) is 30.3 Å². The van der Waals surface area contributed by atoms with E-state index in [9.17, 15) is 28.1 Å². The molecule has 0 saturated heterocycles. The maximum Gasteiger partial charge on any atom is 0.417 e. The van der Waals surface area contributed by atoms with Crippen molar-refractivity contribution in [3.05, 3.63) is 85.5 Å². The molecule has 0 radical (unpaired) electrons. The molecule has 172 valence electrons. The molecule has 33 heavy (non-hydrogen) atoms. The molecule has 0 aliphatic carbocycles. The largest absolute Gasteiger partial charge is 0.437 e. The third kappa shape index (κ3) is 5.69. The molecule has 0 bridgehead atoms. The van der Waals surface area contributed by atoms with E-state index in [-0.39, 0.29) is 45.2 Å². The number of anilines is 1. The Hall–Kier alpha value is -3.41. The van der Waals surface area contributed by atoms with E-state index in [1.54, 1.807) is 0 Å². The summed E-state index contributed by atoms with van der Waals surface area (Å²) in [5.74, 6) is -0.814. The number of amides is 1. The smallest absolute Gasteiger partial charge is 0.417 e. The Balaban J connectivity index is 1.83. The van der Waals surface area contributed by atoms with Gasteiger partial charge in [-0.25, -0.2) is 4.98 Å². The van der Waals surface area contributed by atoms with Crippen LogP contribution in [0.25, 0.3) is 0 Å². The summed E-state index contributed by atoms with van der Waals surface area (Å²) in [6.45, 7) is -0.0607. The number of nitrogens with one attached hydrogen (secondary N) is 1. The van der Waals surface area contributed by atoms with Crippen molar-refractivity contribution in [1.29, 1.82) is 0 Å². The van der Waals surface area contributed by atoms with E-state index in [2.05, 4.69) is 10.3 Å². The quantitative estimate of drug-likeness (QED) is 0.325. The number of halogens is 5. The van der Waals surface area contributed by atoms with Gasteiger partial charge in [0, 0.05) is 36.1 Å². The van der Waals surface area contributed by atoms with Crippen LogP contribution in [0.4, 0.5) is 24.5 Å². The number of nitro benzene ring substituents is 1. The van der Waals surface area contributed by atoms with Crippen LogP contribution in [-0.4, -0.2) is 15.8 Å². The number of ether oxygens (including phenoxy) is 1. The fraction of sp³-hybridized carbons (Fsp3) is 0.100. The molecule has 0 fully saturated rings. The average Bonchev–Trinajstić information content (AvgIpc) is 2.75. The second-order valence-electron chi connectivity index (χ2n) is 6.51. The topological polar surface area (TPSA) is 120 Å². The van der Waals surface area contributed by atoms with Gasteiger partial charge in [0.25, 0.3) is 11.6 Å². The molecule has 1 amide bonds. The number of carbonyl (C=O) groups excluding carboxylic acids is 1. The molecule has 0 atom stereocenters. The molecule has 0 unspecified atom stereocenters. The first-order valence-electron chi connectivity index (χ1n) is 8.98. The van der Waals surface area contributed by atoms with Gasteiger partial charge in [0.1, 0.15) is 10.8 Å². The van der Waals surface area contributed by atoms with Crippen LogP contribution in [0, 0.1) is 10.1 Å². The number of pyridine rings is 1. The Labute approximate surface area is 194 Å². The lowest BCUT2D eigenvalue weighted by atomic mass is 10.1. The van der Waals surface area contributed by atoms with E-state index in [4.69, 9.17) is 33.7 Å². The zero-order valence-corrected chi connectivity index (χ0v) is 17.8. The van der Waals surface area contributed by atoms with Crippen molar-refractivity contribution in [2.75, 3.05) is 5.32 Å². The van der Waals surface area contributed by atoms with Gasteiger partial charge in [-0.1, -0.05) is 23.2 Å². The lowest BCUT2D eigenvalue weighted by Crippen LogP contribution is -2.13. The van der Waals surface area contributed by atoms with Gasteiger partial charge in [0.2, 0.25) is 5.88 Å². The second kappa shape index (κ2) is 9.61. The van der Waals surface area contributed by atoms with Crippen LogP contribution in [0.1, 0.15) is 21.5 Å². The van der Waals surface area contributed by atoms with Crippen LogP contribution in [0.2, 0.25) is 10.0 Å². The molecular weight excluding hydrogens is 488 g/mol. The van der Waals surface area contributed by atoms with Crippen LogP contribution in [0.3, 0.4) is 0 Å². The number of non-ortho nitro benzene ring substituents is 1.